The molecule has 0 bridgehead atoms. The number of nitrogens with one attached hydrogen (secondary N) is 2. The molecule has 1 amide bonds. The van der Waals surface area contributed by atoms with Gasteiger partial charge >= 0.3 is 12.1 Å². The van der Waals surface area contributed by atoms with Crippen molar-refractivity contribution in [3.05, 3.63) is 33.9 Å². The van der Waals surface area contributed by atoms with Crippen molar-refractivity contribution in [3.63, 3.8) is 0 Å². The van der Waals surface area contributed by atoms with E-state index in [1.807, 2.05) is 6.92 Å². The van der Waals surface area contributed by atoms with Gasteiger partial charge in [0.1, 0.15) is 17.3 Å². The van der Waals surface area contributed by atoms with Crippen LogP contribution in [0.1, 0.15) is 45.6 Å². The quantitative estimate of drug-likeness (QED) is 0.339. The van der Waals surface area contributed by atoms with E-state index in [2.05, 4.69) is 10.6 Å². The lowest BCUT2D eigenvalue weighted by Crippen LogP contribution is -2.43. The summed E-state index contributed by atoms with van der Waals surface area (Å²) in [5.74, 6) is -1.14. The molecule has 3 N–H and O–H groups in total. The van der Waals surface area contributed by atoms with Crippen LogP contribution in [-0.4, -0.2) is 40.3 Å². The lowest BCUT2D eigenvalue weighted by molar-refractivity contribution is -0.384. The molecular formula is C18H27N3O6. The van der Waals surface area contributed by atoms with Crippen LogP contribution in [0, 0.1) is 17.0 Å². The van der Waals surface area contributed by atoms with Crippen LogP contribution in [0.2, 0.25) is 0 Å². The van der Waals surface area contributed by atoms with E-state index in [9.17, 15) is 24.8 Å². The van der Waals surface area contributed by atoms with Gasteiger partial charge in [-0.2, -0.15) is 0 Å². The first-order valence-corrected chi connectivity index (χ1v) is 8.71. The van der Waals surface area contributed by atoms with Crippen LogP contribution in [0.25, 0.3) is 0 Å². The van der Waals surface area contributed by atoms with E-state index in [-0.39, 0.29) is 12.1 Å². The molecule has 0 saturated carbocycles. The van der Waals surface area contributed by atoms with Gasteiger partial charge in [0.2, 0.25) is 0 Å². The second-order valence-corrected chi connectivity index (χ2v) is 7.24. The van der Waals surface area contributed by atoms with Gasteiger partial charge in [0.05, 0.1) is 4.92 Å². The maximum atomic E-state index is 11.7. The fourth-order valence-corrected chi connectivity index (χ4v) is 2.35. The Morgan fingerprint density at radius 1 is 1.30 bits per heavy atom. The predicted octanol–water partition coefficient (Wildman–Crippen LogP) is 3.46. The summed E-state index contributed by atoms with van der Waals surface area (Å²) in [5, 5.41) is 25.6. The van der Waals surface area contributed by atoms with Gasteiger partial charge in [-0.05, 0) is 58.6 Å². The number of rotatable bonds is 9. The van der Waals surface area contributed by atoms with Crippen molar-refractivity contribution in [3.8, 4) is 0 Å². The molecule has 0 aliphatic rings. The first-order chi connectivity index (χ1) is 12.5. The van der Waals surface area contributed by atoms with E-state index in [0.29, 0.717) is 25.1 Å². The molecule has 1 atom stereocenters. The van der Waals surface area contributed by atoms with Gasteiger partial charge in [0.25, 0.3) is 5.69 Å². The number of hydrogen-bond acceptors (Lipinski definition) is 6. The zero-order valence-electron chi connectivity index (χ0n) is 16.1. The van der Waals surface area contributed by atoms with Crippen LogP contribution in [0.3, 0.4) is 0 Å². The molecule has 0 spiro atoms. The number of amides is 1. The number of alkyl carbamates (subject to hydrolysis) is 1. The zero-order valence-corrected chi connectivity index (χ0v) is 16.1. The minimum Gasteiger partial charge on any atom is -0.480 e. The second-order valence-electron chi connectivity index (χ2n) is 7.24. The highest BCUT2D eigenvalue weighted by Crippen LogP contribution is 2.25. The van der Waals surface area contributed by atoms with Gasteiger partial charge < -0.3 is 20.5 Å². The molecule has 0 fully saturated rings. The Morgan fingerprint density at radius 3 is 2.52 bits per heavy atom. The van der Waals surface area contributed by atoms with E-state index in [1.54, 1.807) is 32.9 Å². The number of hydrogen-bond donors (Lipinski definition) is 3. The highest BCUT2D eigenvalue weighted by Gasteiger charge is 2.23. The number of aliphatic carboxylic acids is 1. The minimum atomic E-state index is -1.14. The number of unbranched alkanes of at least 4 members (excludes halogenated alkanes) is 1. The molecule has 27 heavy (non-hydrogen) atoms. The first-order valence-electron chi connectivity index (χ1n) is 8.71. The average Bonchev–Trinajstić information content (AvgIpc) is 2.51. The summed E-state index contributed by atoms with van der Waals surface area (Å²) >= 11 is 0. The van der Waals surface area contributed by atoms with Crippen molar-refractivity contribution in [1.29, 1.82) is 0 Å². The third-order valence-corrected chi connectivity index (χ3v) is 3.57. The van der Waals surface area contributed by atoms with Crippen molar-refractivity contribution in [2.75, 3.05) is 11.9 Å². The van der Waals surface area contributed by atoms with E-state index in [1.165, 1.54) is 6.07 Å². The van der Waals surface area contributed by atoms with Crippen molar-refractivity contribution >= 4 is 23.4 Å². The Kier molecular flexibility index (Phi) is 8.01. The van der Waals surface area contributed by atoms with E-state index in [0.717, 1.165) is 5.56 Å². The van der Waals surface area contributed by atoms with Crippen LogP contribution in [0.15, 0.2) is 18.2 Å². The number of aryl methyl sites for hydroxylation is 1. The smallest absolute Gasteiger partial charge is 0.408 e. The Labute approximate surface area is 158 Å². The number of benzene rings is 1. The Morgan fingerprint density at radius 2 is 1.96 bits per heavy atom. The first kappa shape index (κ1) is 22.2. The third kappa shape index (κ3) is 8.39. The lowest BCUT2D eigenvalue weighted by atomic mass is 10.1. The Bertz CT molecular complexity index is 684. The second kappa shape index (κ2) is 9.75. The average molecular weight is 381 g/mol. The Hall–Kier alpha value is -2.84. The summed E-state index contributed by atoms with van der Waals surface area (Å²) in [7, 11) is 0. The summed E-state index contributed by atoms with van der Waals surface area (Å²) in [5.41, 5.74) is 0.618. The normalized spacial score (nSPS) is 12.1. The van der Waals surface area contributed by atoms with Crippen LogP contribution in [0.4, 0.5) is 16.2 Å². The van der Waals surface area contributed by atoms with Crippen molar-refractivity contribution in [2.45, 2.75) is 58.6 Å². The SMILES string of the molecule is Cc1ccc([N+](=O)[O-])c(NCCCC[C@H](NC(=O)OC(C)(C)C)C(=O)O)c1. The number of nitro groups is 1. The van der Waals surface area contributed by atoms with Crippen LogP contribution < -0.4 is 10.6 Å². The molecule has 1 rings (SSSR count). The molecule has 9 heteroatoms. The van der Waals surface area contributed by atoms with Gasteiger partial charge in [-0.3, -0.25) is 10.1 Å². The van der Waals surface area contributed by atoms with E-state index < -0.39 is 28.6 Å². The number of nitrogens with zero attached hydrogens (tertiary/aromatic N) is 1. The number of carbonyl (C=O) groups excluding carboxylic acids is 1. The molecule has 0 aliphatic heterocycles. The number of carboxylic acid groups (broad SMARTS) is 1. The standard InChI is InChI=1S/C18H27N3O6/c1-12-8-9-15(21(25)26)14(11-12)19-10-6-5-7-13(16(22)23)20-17(24)27-18(2,3)4/h8-9,11,13,19H,5-7,10H2,1-4H3,(H,20,24)(H,22,23)/t13-/m0/s1. The molecule has 150 valence electrons. The fraction of sp³-hybridized carbons (Fsp3) is 0.556. The molecule has 0 aromatic heterocycles. The maximum Gasteiger partial charge on any atom is 0.408 e. The summed E-state index contributed by atoms with van der Waals surface area (Å²) in [6.07, 6.45) is 0.555. The molecule has 1 aromatic rings. The highest BCUT2D eigenvalue weighted by atomic mass is 16.6. The van der Waals surface area contributed by atoms with Crippen molar-refractivity contribution < 1.29 is 24.4 Å². The highest BCUT2D eigenvalue weighted by molar-refractivity contribution is 5.79. The van der Waals surface area contributed by atoms with Crippen molar-refractivity contribution in [1.82, 2.24) is 5.32 Å². The summed E-state index contributed by atoms with van der Waals surface area (Å²) < 4.78 is 5.06. The molecular weight excluding hydrogens is 354 g/mol. The van der Waals surface area contributed by atoms with E-state index >= 15 is 0 Å². The fourth-order valence-electron chi connectivity index (χ4n) is 2.35. The van der Waals surface area contributed by atoms with Crippen LogP contribution in [0.5, 0.6) is 0 Å². The number of ether oxygens (including phenoxy) is 1. The molecule has 9 nitrogen and oxygen atoms in total. The molecule has 0 saturated heterocycles. The monoisotopic (exact) mass is 381 g/mol. The molecule has 1 aromatic carbocycles. The molecule has 0 unspecified atom stereocenters. The lowest BCUT2D eigenvalue weighted by Gasteiger charge is -2.22. The number of carboxylic acids is 1. The zero-order chi connectivity index (χ0) is 20.6. The number of nitro benzene ring substituents is 1. The van der Waals surface area contributed by atoms with Gasteiger partial charge in [-0.1, -0.05) is 6.07 Å². The maximum absolute atomic E-state index is 11.7. The third-order valence-electron chi connectivity index (χ3n) is 3.57. The van der Waals surface area contributed by atoms with Gasteiger partial charge in [-0.15, -0.1) is 0 Å². The summed E-state index contributed by atoms with van der Waals surface area (Å²) in [6.45, 7) is 7.37. The minimum absolute atomic E-state index is 0.00407. The van der Waals surface area contributed by atoms with Gasteiger partial charge in [0, 0.05) is 12.6 Å². The number of anilines is 1. The topological polar surface area (TPSA) is 131 Å². The van der Waals surface area contributed by atoms with Gasteiger partial charge in [0.15, 0.2) is 0 Å². The van der Waals surface area contributed by atoms with Crippen molar-refractivity contribution in [2.24, 2.45) is 0 Å². The molecule has 0 aliphatic carbocycles. The Balaban J connectivity index is 2.47. The van der Waals surface area contributed by atoms with Gasteiger partial charge in [-0.25, -0.2) is 9.59 Å². The molecule has 0 heterocycles. The van der Waals surface area contributed by atoms with E-state index in [4.69, 9.17) is 4.74 Å². The largest absolute Gasteiger partial charge is 0.480 e. The summed E-state index contributed by atoms with van der Waals surface area (Å²) in [4.78, 5) is 33.6. The predicted molar refractivity (Wildman–Crippen MR) is 101 cm³/mol. The van der Waals surface area contributed by atoms with Crippen LogP contribution in [-0.2, 0) is 9.53 Å². The number of carbonyl (C=O) groups is 2. The summed E-state index contributed by atoms with van der Waals surface area (Å²) in [6, 6.07) is 3.77. The molecule has 0 radical (unpaired) electrons. The van der Waals surface area contributed by atoms with Crippen LogP contribution >= 0.6 is 0 Å².